The normalized spacial score (nSPS) is 16.8. The van der Waals surface area contributed by atoms with Crippen molar-refractivity contribution in [2.75, 3.05) is 13.1 Å². The van der Waals surface area contributed by atoms with Crippen LogP contribution in [0.15, 0.2) is 12.4 Å². The Morgan fingerprint density at radius 2 is 0.885 bits per heavy atom. The first kappa shape index (κ1) is 23.4. The Kier molecular flexibility index (Phi) is 14.8. The minimum absolute atomic E-state index is 0.639. The van der Waals surface area contributed by atoms with Gasteiger partial charge in [0.25, 0.3) is 0 Å². The van der Waals surface area contributed by atoms with E-state index in [2.05, 4.69) is 43.0 Å². The van der Waals surface area contributed by atoms with Crippen molar-refractivity contribution in [3.63, 3.8) is 0 Å². The van der Waals surface area contributed by atoms with Crippen LogP contribution in [-0.4, -0.2) is 29.1 Å². The maximum Gasteiger partial charge on any atom is 0.101 e. The monoisotopic (exact) mass is 364 g/mol. The van der Waals surface area contributed by atoms with Crippen LogP contribution in [0.3, 0.4) is 0 Å². The summed E-state index contributed by atoms with van der Waals surface area (Å²) in [5, 5.41) is 0. The molecule has 0 N–H and O–H groups in total. The van der Waals surface area contributed by atoms with Crippen LogP contribution in [-0.2, 0) is 0 Å². The van der Waals surface area contributed by atoms with E-state index in [0.717, 1.165) is 0 Å². The van der Waals surface area contributed by atoms with Crippen molar-refractivity contribution in [2.45, 2.75) is 130 Å². The fourth-order valence-corrected chi connectivity index (χ4v) is 4.10. The van der Waals surface area contributed by atoms with E-state index in [-0.39, 0.29) is 0 Å². The minimum atomic E-state index is 0.639. The molecule has 1 unspecified atom stereocenters. The molecule has 0 aromatic carbocycles. The fraction of sp³-hybridized carbons (Fsp3) is 0.917. The van der Waals surface area contributed by atoms with Gasteiger partial charge in [-0.1, -0.05) is 104 Å². The van der Waals surface area contributed by atoms with Crippen molar-refractivity contribution < 1.29 is 0 Å². The molecular formula is C24H48N2. The molecule has 0 radical (unpaired) electrons. The molecule has 0 saturated heterocycles. The van der Waals surface area contributed by atoms with E-state index in [4.69, 9.17) is 0 Å². The van der Waals surface area contributed by atoms with Gasteiger partial charge < -0.3 is 9.80 Å². The minimum Gasteiger partial charge on any atom is -0.356 e. The van der Waals surface area contributed by atoms with Crippen molar-refractivity contribution in [1.82, 2.24) is 9.80 Å². The summed E-state index contributed by atoms with van der Waals surface area (Å²) < 4.78 is 0. The highest BCUT2D eigenvalue weighted by molar-refractivity contribution is 4.96. The zero-order valence-electron chi connectivity index (χ0n) is 18.4. The van der Waals surface area contributed by atoms with Gasteiger partial charge in [0.1, 0.15) is 6.17 Å². The third-order valence-electron chi connectivity index (χ3n) is 5.80. The standard InChI is InChI=1S/C24H48N2/c1-4-7-9-10-11-12-13-14-15-16-18-21-26-23-22-25(20-17-8-5-2)24(26)19-6-3/h22-24H,4-21H2,1-3H3. The van der Waals surface area contributed by atoms with Crippen LogP contribution in [0.1, 0.15) is 124 Å². The van der Waals surface area contributed by atoms with Gasteiger partial charge in [0, 0.05) is 25.5 Å². The second kappa shape index (κ2) is 16.5. The summed E-state index contributed by atoms with van der Waals surface area (Å²) in [6, 6.07) is 0. The van der Waals surface area contributed by atoms with Crippen molar-refractivity contribution in [1.29, 1.82) is 0 Å². The molecule has 2 heteroatoms. The van der Waals surface area contributed by atoms with Gasteiger partial charge in [0.05, 0.1) is 0 Å². The summed E-state index contributed by atoms with van der Waals surface area (Å²) in [6.07, 6.45) is 27.7. The average Bonchev–Trinajstić information content (AvgIpc) is 3.02. The van der Waals surface area contributed by atoms with Crippen LogP contribution >= 0.6 is 0 Å². The first-order valence-electron chi connectivity index (χ1n) is 12.0. The van der Waals surface area contributed by atoms with Gasteiger partial charge >= 0.3 is 0 Å². The Morgan fingerprint density at radius 1 is 0.500 bits per heavy atom. The lowest BCUT2D eigenvalue weighted by molar-refractivity contribution is 0.138. The molecule has 1 heterocycles. The molecule has 1 aliphatic heterocycles. The quantitative estimate of drug-likeness (QED) is 0.230. The first-order chi connectivity index (χ1) is 12.8. The Balaban J connectivity index is 2.04. The second-order valence-corrected chi connectivity index (χ2v) is 8.29. The Morgan fingerprint density at radius 3 is 1.35 bits per heavy atom. The zero-order chi connectivity index (χ0) is 18.9. The Hall–Kier alpha value is -0.660. The number of unbranched alkanes of at least 4 members (excludes halogenated alkanes) is 12. The topological polar surface area (TPSA) is 6.48 Å². The van der Waals surface area contributed by atoms with E-state index in [0.29, 0.717) is 6.17 Å². The molecule has 0 aromatic heterocycles. The molecule has 0 fully saturated rings. The smallest absolute Gasteiger partial charge is 0.101 e. The van der Waals surface area contributed by atoms with Crippen molar-refractivity contribution in [3.8, 4) is 0 Å². The number of hydrogen-bond donors (Lipinski definition) is 0. The Bertz CT molecular complexity index is 326. The number of rotatable bonds is 18. The molecule has 154 valence electrons. The van der Waals surface area contributed by atoms with Gasteiger partial charge in [-0.3, -0.25) is 0 Å². The van der Waals surface area contributed by atoms with E-state index in [9.17, 15) is 0 Å². The molecule has 0 spiro atoms. The summed E-state index contributed by atoms with van der Waals surface area (Å²) >= 11 is 0. The molecular weight excluding hydrogens is 316 g/mol. The summed E-state index contributed by atoms with van der Waals surface area (Å²) in [7, 11) is 0. The highest BCUT2D eigenvalue weighted by Gasteiger charge is 2.24. The molecule has 2 nitrogen and oxygen atoms in total. The number of nitrogens with zero attached hydrogens (tertiary/aromatic N) is 2. The van der Waals surface area contributed by atoms with Crippen molar-refractivity contribution in [2.24, 2.45) is 0 Å². The molecule has 0 aromatic rings. The molecule has 1 rings (SSSR count). The van der Waals surface area contributed by atoms with E-state index in [1.165, 1.54) is 116 Å². The van der Waals surface area contributed by atoms with Crippen LogP contribution in [0.4, 0.5) is 0 Å². The summed E-state index contributed by atoms with van der Waals surface area (Å²) in [4.78, 5) is 5.21. The molecule has 26 heavy (non-hydrogen) atoms. The van der Waals surface area contributed by atoms with Crippen LogP contribution in [0.2, 0.25) is 0 Å². The Labute approximate surface area is 165 Å². The first-order valence-corrected chi connectivity index (χ1v) is 12.0. The predicted molar refractivity (Wildman–Crippen MR) is 117 cm³/mol. The average molecular weight is 365 g/mol. The third kappa shape index (κ3) is 10.5. The molecule has 0 bridgehead atoms. The molecule has 0 aliphatic carbocycles. The molecule has 0 amide bonds. The maximum absolute atomic E-state index is 2.61. The van der Waals surface area contributed by atoms with E-state index >= 15 is 0 Å². The second-order valence-electron chi connectivity index (χ2n) is 8.29. The van der Waals surface area contributed by atoms with Gasteiger partial charge in [-0.05, 0) is 19.3 Å². The third-order valence-corrected chi connectivity index (χ3v) is 5.80. The predicted octanol–water partition coefficient (Wildman–Crippen LogP) is 7.70. The van der Waals surface area contributed by atoms with Crippen LogP contribution in [0, 0.1) is 0 Å². The fourth-order valence-electron chi connectivity index (χ4n) is 4.10. The molecule has 0 saturated carbocycles. The summed E-state index contributed by atoms with van der Waals surface area (Å²) in [5.41, 5.74) is 0. The highest BCUT2D eigenvalue weighted by atomic mass is 15.4. The van der Waals surface area contributed by atoms with Gasteiger partial charge in [-0.2, -0.15) is 0 Å². The lowest BCUT2D eigenvalue weighted by Crippen LogP contribution is -2.39. The van der Waals surface area contributed by atoms with Crippen molar-refractivity contribution in [3.05, 3.63) is 12.4 Å². The van der Waals surface area contributed by atoms with Crippen molar-refractivity contribution >= 4 is 0 Å². The van der Waals surface area contributed by atoms with Crippen LogP contribution in [0.25, 0.3) is 0 Å². The zero-order valence-corrected chi connectivity index (χ0v) is 18.4. The summed E-state index contributed by atoms with van der Waals surface area (Å²) in [6.45, 7) is 9.41. The van der Waals surface area contributed by atoms with Gasteiger partial charge in [0.2, 0.25) is 0 Å². The highest BCUT2D eigenvalue weighted by Crippen LogP contribution is 2.22. The van der Waals surface area contributed by atoms with Gasteiger partial charge in [-0.15, -0.1) is 0 Å². The van der Waals surface area contributed by atoms with E-state index in [1.807, 2.05) is 0 Å². The lowest BCUT2D eigenvalue weighted by Gasteiger charge is -2.33. The van der Waals surface area contributed by atoms with E-state index in [1.54, 1.807) is 0 Å². The van der Waals surface area contributed by atoms with E-state index < -0.39 is 0 Å². The van der Waals surface area contributed by atoms with Gasteiger partial charge in [0.15, 0.2) is 0 Å². The number of hydrogen-bond acceptors (Lipinski definition) is 2. The molecule has 1 atom stereocenters. The summed E-state index contributed by atoms with van der Waals surface area (Å²) in [5.74, 6) is 0. The molecule has 1 aliphatic rings. The largest absolute Gasteiger partial charge is 0.356 e. The van der Waals surface area contributed by atoms with Crippen LogP contribution in [0.5, 0.6) is 0 Å². The van der Waals surface area contributed by atoms with Crippen LogP contribution < -0.4 is 0 Å². The lowest BCUT2D eigenvalue weighted by atomic mass is 10.1. The SMILES string of the molecule is CCCCCCCCCCCCCN1C=CN(CCCCC)C1CCC. The van der Waals surface area contributed by atoms with Gasteiger partial charge in [-0.25, -0.2) is 0 Å². The maximum atomic E-state index is 2.61.